The Hall–Kier alpha value is -1.89. The highest BCUT2D eigenvalue weighted by atomic mass is 32.1. The molecule has 0 saturated carbocycles. The molecule has 7 heteroatoms. The van der Waals surface area contributed by atoms with Crippen LogP contribution < -0.4 is 0 Å². The molecule has 3 nitrogen and oxygen atoms in total. The van der Waals surface area contributed by atoms with E-state index in [1.807, 2.05) is 24.3 Å². The largest absolute Gasteiger partial charge is 0.406 e. The topological polar surface area (TPSA) is 33.2 Å². The molecule has 1 aliphatic rings. The van der Waals surface area contributed by atoms with E-state index in [9.17, 15) is 18.0 Å². The van der Waals surface area contributed by atoms with Crippen LogP contribution in [-0.4, -0.2) is 28.5 Å². The van der Waals surface area contributed by atoms with E-state index in [1.165, 1.54) is 23.1 Å². The molecule has 0 aliphatic heterocycles. The number of hydrogen-bond donors (Lipinski definition) is 0. The Morgan fingerprint density at radius 3 is 2.71 bits per heavy atom. The highest BCUT2D eigenvalue weighted by molar-refractivity contribution is 7.09. The smallest absolute Gasteiger partial charge is 0.327 e. The van der Waals surface area contributed by atoms with Crippen molar-refractivity contribution in [3.05, 3.63) is 52.0 Å². The Morgan fingerprint density at radius 1 is 1.29 bits per heavy atom. The summed E-state index contributed by atoms with van der Waals surface area (Å²) >= 11 is 1.26. The SMILES string of the molecule is O=C([C@@H]1CCc2ccccc2C1)N(Cc1nccs1)CC(F)(F)F. The first-order chi connectivity index (χ1) is 11.4. The second-order valence-corrected chi connectivity index (χ2v) is 6.92. The lowest BCUT2D eigenvalue weighted by molar-refractivity contribution is -0.165. The number of halogens is 3. The summed E-state index contributed by atoms with van der Waals surface area (Å²) in [7, 11) is 0. The number of carbonyl (C=O) groups excluding carboxylic acids is 1. The Kier molecular flexibility index (Phi) is 4.89. The van der Waals surface area contributed by atoms with Crippen LogP contribution in [0.5, 0.6) is 0 Å². The molecule has 0 spiro atoms. The maximum absolute atomic E-state index is 12.9. The molecule has 24 heavy (non-hydrogen) atoms. The molecule has 128 valence electrons. The number of carbonyl (C=O) groups is 1. The molecule has 1 atom stereocenters. The number of aryl methyl sites for hydroxylation is 1. The highest BCUT2D eigenvalue weighted by Crippen LogP contribution is 2.28. The predicted molar refractivity (Wildman–Crippen MR) is 85.5 cm³/mol. The first-order valence-corrected chi connectivity index (χ1v) is 8.61. The molecule has 0 fully saturated rings. The predicted octanol–water partition coefficient (Wildman–Crippen LogP) is 3.84. The second-order valence-electron chi connectivity index (χ2n) is 5.94. The van der Waals surface area contributed by atoms with Crippen LogP contribution >= 0.6 is 11.3 Å². The van der Waals surface area contributed by atoms with Gasteiger partial charge in [-0.3, -0.25) is 4.79 Å². The van der Waals surface area contributed by atoms with Gasteiger partial charge in [-0.05, 0) is 30.4 Å². The summed E-state index contributed by atoms with van der Waals surface area (Å²) in [6, 6.07) is 7.80. The quantitative estimate of drug-likeness (QED) is 0.836. The summed E-state index contributed by atoms with van der Waals surface area (Å²) < 4.78 is 38.7. The first-order valence-electron chi connectivity index (χ1n) is 7.73. The van der Waals surface area contributed by atoms with Crippen LogP contribution in [0.2, 0.25) is 0 Å². The van der Waals surface area contributed by atoms with Crippen molar-refractivity contribution in [2.75, 3.05) is 6.54 Å². The third kappa shape index (κ3) is 4.14. The fourth-order valence-corrected chi connectivity index (χ4v) is 3.72. The van der Waals surface area contributed by atoms with Crippen LogP contribution in [0.3, 0.4) is 0 Å². The number of aromatic nitrogens is 1. The van der Waals surface area contributed by atoms with Crippen LogP contribution in [0.1, 0.15) is 22.6 Å². The molecule has 0 radical (unpaired) electrons. The van der Waals surface area contributed by atoms with Crippen molar-refractivity contribution in [2.24, 2.45) is 5.92 Å². The second kappa shape index (κ2) is 6.93. The fourth-order valence-electron chi connectivity index (χ4n) is 3.09. The van der Waals surface area contributed by atoms with Gasteiger partial charge in [-0.2, -0.15) is 13.2 Å². The van der Waals surface area contributed by atoms with Crippen molar-refractivity contribution < 1.29 is 18.0 Å². The number of nitrogens with zero attached hydrogens (tertiary/aromatic N) is 2. The van der Waals surface area contributed by atoms with Gasteiger partial charge in [0.25, 0.3) is 0 Å². The Labute approximate surface area is 142 Å². The van der Waals surface area contributed by atoms with Crippen molar-refractivity contribution in [1.82, 2.24) is 9.88 Å². The van der Waals surface area contributed by atoms with Gasteiger partial charge in [0, 0.05) is 17.5 Å². The van der Waals surface area contributed by atoms with Gasteiger partial charge in [0.15, 0.2) is 0 Å². The third-order valence-corrected chi connectivity index (χ3v) is 4.95. The van der Waals surface area contributed by atoms with Crippen molar-refractivity contribution in [3.63, 3.8) is 0 Å². The standard InChI is InChI=1S/C17H17F3N2OS/c18-17(19,20)11-22(10-15-21-7-8-24-15)16(23)14-6-5-12-3-1-2-4-13(12)9-14/h1-4,7-8,14H,5-6,9-11H2/t14-/m1/s1. The number of alkyl halides is 3. The van der Waals surface area contributed by atoms with Gasteiger partial charge in [-0.25, -0.2) is 4.98 Å². The lowest BCUT2D eigenvalue weighted by atomic mass is 9.83. The molecule has 3 rings (SSSR count). The van der Waals surface area contributed by atoms with E-state index in [2.05, 4.69) is 4.98 Å². The molecule has 0 unspecified atom stereocenters. The van der Waals surface area contributed by atoms with Crippen LogP contribution in [0, 0.1) is 5.92 Å². The molecule has 1 aliphatic carbocycles. The first kappa shape index (κ1) is 17.0. The number of benzene rings is 1. The van der Waals surface area contributed by atoms with Gasteiger partial charge in [0.05, 0.1) is 6.54 Å². The zero-order chi connectivity index (χ0) is 17.2. The summed E-state index contributed by atoms with van der Waals surface area (Å²) in [4.78, 5) is 17.6. The molecule has 1 amide bonds. The van der Waals surface area contributed by atoms with Crippen molar-refractivity contribution in [1.29, 1.82) is 0 Å². The summed E-state index contributed by atoms with van der Waals surface area (Å²) in [5.74, 6) is -0.834. The third-order valence-electron chi connectivity index (χ3n) is 4.19. The number of hydrogen-bond acceptors (Lipinski definition) is 3. The maximum Gasteiger partial charge on any atom is 0.406 e. The fraction of sp³-hybridized carbons (Fsp3) is 0.412. The van der Waals surface area contributed by atoms with Gasteiger partial charge in [-0.15, -0.1) is 11.3 Å². The molecule has 0 bridgehead atoms. The van der Waals surface area contributed by atoms with Crippen molar-refractivity contribution >= 4 is 17.2 Å². The Bertz CT molecular complexity index is 700. The summed E-state index contributed by atoms with van der Waals surface area (Å²) in [5.41, 5.74) is 2.24. The van der Waals surface area contributed by atoms with E-state index >= 15 is 0 Å². The van der Waals surface area contributed by atoms with Gasteiger partial charge in [-0.1, -0.05) is 24.3 Å². The monoisotopic (exact) mass is 354 g/mol. The lowest BCUT2D eigenvalue weighted by Crippen LogP contribution is -2.43. The Balaban J connectivity index is 1.76. The molecule has 1 heterocycles. The van der Waals surface area contributed by atoms with Crippen LogP contribution in [0.15, 0.2) is 35.8 Å². The van der Waals surface area contributed by atoms with Crippen molar-refractivity contribution in [3.8, 4) is 0 Å². The van der Waals surface area contributed by atoms with E-state index in [0.29, 0.717) is 17.8 Å². The number of fused-ring (bicyclic) bond motifs is 1. The normalized spacial score (nSPS) is 17.4. The van der Waals surface area contributed by atoms with Gasteiger partial charge < -0.3 is 4.90 Å². The molecule has 0 saturated heterocycles. The van der Waals surface area contributed by atoms with Crippen molar-refractivity contribution in [2.45, 2.75) is 32.0 Å². The van der Waals surface area contributed by atoms with Crippen LogP contribution in [0.4, 0.5) is 13.2 Å². The maximum atomic E-state index is 12.9. The minimum atomic E-state index is -4.42. The zero-order valence-corrected chi connectivity index (χ0v) is 13.7. The summed E-state index contributed by atoms with van der Waals surface area (Å²) in [6.45, 7) is -1.32. The molecule has 1 aromatic carbocycles. The number of rotatable bonds is 4. The molecule has 1 aromatic heterocycles. The average Bonchev–Trinajstić information content (AvgIpc) is 3.05. The molecular weight excluding hydrogens is 337 g/mol. The lowest BCUT2D eigenvalue weighted by Gasteiger charge is -2.30. The molecular formula is C17H17F3N2OS. The minimum absolute atomic E-state index is 0.0891. The van der Waals surface area contributed by atoms with Crippen LogP contribution in [-0.2, 0) is 24.2 Å². The molecule has 0 N–H and O–H groups in total. The van der Waals surface area contributed by atoms with Gasteiger partial charge in [0.2, 0.25) is 5.91 Å². The van der Waals surface area contributed by atoms with E-state index in [1.54, 1.807) is 5.38 Å². The zero-order valence-electron chi connectivity index (χ0n) is 12.9. The van der Waals surface area contributed by atoms with Gasteiger partial charge in [0.1, 0.15) is 11.6 Å². The van der Waals surface area contributed by atoms with E-state index in [0.717, 1.165) is 16.9 Å². The van der Waals surface area contributed by atoms with E-state index < -0.39 is 24.5 Å². The average molecular weight is 354 g/mol. The summed E-state index contributed by atoms with van der Waals surface area (Å²) in [6.07, 6.45) is -1.07. The Morgan fingerprint density at radius 2 is 2.04 bits per heavy atom. The van der Waals surface area contributed by atoms with Crippen LogP contribution in [0.25, 0.3) is 0 Å². The van der Waals surface area contributed by atoms with E-state index in [-0.39, 0.29) is 6.54 Å². The van der Waals surface area contributed by atoms with Gasteiger partial charge >= 0.3 is 6.18 Å². The minimum Gasteiger partial charge on any atom is -0.327 e. The van der Waals surface area contributed by atoms with E-state index in [4.69, 9.17) is 0 Å². The molecule has 2 aromatic rings. The highest BCUT2D eigenvalue weighted by Gasteiger charge is 2.36. The number of amides is 1. The number of thiazole rings is 1. The summed E-state index contributed by atoms with van der Waals surface area (Å²) in [5, 5.41) is 2.21.